The van der Waals surface area contributed by atoms with Gasteiger partial charge in [0.05, 0.1) is 13.0 Å². The van der Waals surface area contributed by atoms with Gasteiger partial charge >= 0.3 is 5.69 Å². The zero-order valence-corrected chi connectivity index (χ0v) is 17.3. The van der Waals surface area contributed by atoms with Gasteiger partial charge in [0.25, 0.3) is 0 Å². The number of hydrogen-bond acceptors (Lipinski definition) is 5. The van der Waals surface area contributed by atoms with E-state index in [0.29, 0.717) is 12.0 Å². The SMILES string of the molecule is O=C(CC(=O)c1ccccn1)c1cc(Cc2ccccc2)cc(Cn2cccnc2=O)c1. The van der Waals surface area contributed by atoms with Gasteiger partial charge in [-0.1, -0.05) is 42.5 Å². The van der Waals surface area contributed by atoms with Crippen LogP contribution in [-0.4, -0.2) is 26.1 Å². The molecule has 158 valence electrons. The van der Waals surface area contributed by atoms with Crippen molar-refractivity contribution in [1.82, 2.24) is 14.5 Å². The summed E-state index contributed by atoms with van der Waals surface area (Å²) < 4.78 is 1.48. The molecule has 2 aromatic heterocycles. The summed E-state index contributed by atoms with van der Waals surface area (Å²) in [6, 6.07) is 22.2. The number of rotatable bonds is 8. The van der Waals surface area contributed by atoms with Crippen LogP contribution in [0, 0.1) is 0 Å². The molecule has 4 aromatic rings. The lowest BCUT2D eigenvalue weighted by molar-refractivity contribution is 0.0891. The van der Waals surface area contributed by atoms with Gasteiger partial charge in [-0.3, -0.25) is 19.1 Å². The van der Waals surface area contributed by atoms with Gasteiger partial charge in [0, 0.05) is 24.2 Å². The van der Waals surface area contributed by atoms with Crippen molar-refractivity contribution in [2.45, 2.75) is 19.4 Å². The topological polar surface area (TPSA) is 81.9 Å². The molecule has 2 aromatic carbocycles. The Bertz CT molecular complexity index is 1300. The summed E-state index contributed by atoms with van der Waals surface area (Å²) in [7, 11) is 0. The number of ketones is 2. The van der Waals surface area contributed by atoms with Crippen molar-refractivity contribution in [3.63, 3.8) is 0 Å². The maximum absolute atomic E-state index is 13.0. The average molecular weight is 423 g/mol. The fourth-order valence-corrected chi connectivity index (χ4v) is 3.52. The van der Waals surface area contributed by atoms with Crippen LogP contribution in [0.5, 0.6) is 0 Å². The van der Waals surface area contributed by atoms with E-state index in [9.17, 15) is 14.4 Å². The second-order valence-corrected chi connectivity index (χ2v) is 7.47. The number of nitrogens with zero attached hydrogens (tertiary/aromatic N) is 3. The molecular formula is C26H21N3O3. The minimum atomic E-state index is -0.362. The molecule has 0 radical (unpaired) electrons. The molecule has 6 heteroatoms. The molecule has 0 bridgehead atoms. The van der Waals surface area contributed by atoms with Gasteiger partial charge in [0.1, 0.15) is 5.69 Å². The first kappa shape index (κ1) is 21.1. The highest BCUT2D eigenvalue weighted by Gasteiger charge is 2.16. The molecule has 0 saturated carbocycles. The third kappa shape index (κ3) is 5.29. The summed E-state index contributed by atoms with van der Waals surface area (Å²) in [4.78, 5) is 45.3. The monoisotopic (exact) mass is 423 g/mol. The Kier molecular flexibility index (Phi) is 6.41. The average Bonchev–Trinajstić information content (AvgIpc) is 2.81. The molecule has 0 aliphatic rings. The van der Waals surface area contributed by atoms with Crippen molar-refractivity contribution in [2.75, 3.05) is 0 Å². The summed E-state index contributed by atoms with van der Waals surface area (Å²) >= 11 is 0. The maximum atomic E-state index is 13.0. The highest BCUT2D eigenvalue weighted by molar-refractivity contribution is 6.12. The van der Waals surface area contributed by atoms with Crippen LogP contribution in [0.4, 0.5) is 0 Å². The smallest absolute Gasteiger partial charge is 0.295 e. The third-order valence-electron chi connectivity index (χ3n) is 5.03. The highest BCUT2D eigenvalue weighted by Crippen LogP contribution is 2.18. The van der Waals surface area contributed by atoms with E-state index in [4.69, 9.17) is 0 Å². The van der Waals surface area contributed by atoms with Crippen molar-refractivity contribution in [3.8, 4) is 0 Å². The zero-order chi connectivity index (χ0) is 22.3. The van der Waals surface area contributed by atoms with Crippen molar-refractivity contribution < 1.29 is 9.59 Å². The van der Waals surface area contributed by atoms with Crippen LogP contribution in [-0.2, 0) is 13.0 Å². The fraction of sp³-hybridized carbons (Fsp3) is 0.115. The largest absolute Gasteiger partial charge is 0.347 e. The van der Waals surface area contributed by atoms with Gasteiger partial charge in [-0.2, -0.15) is 0 Å². The quantitative estimate of drug-likeness (QED) is 0.319. The molecular weight excluding hydrogens is 402 g/mol. The summed E-state index contributed by atoms with van der Waals surface area (Å²) in [5, 5.41) is 0. The van der Waals surface area contributed by atoms with E-state index in [1.165, 1.54) is 17.0 Å². The minimum absolute atomic E-state index is 0.266. The zero-order valence-electron chi connectivity index (χ0n) is 17.3. The Morgan fingerprint density at radius 3 is 2.25 bits per heavy atom. The Balaban J connectivity index is 1.64. The summed E-state index contributed by atoms with van der Waals surface area (Å²) in [5.74, 6) is -0.607. The highest BCUT2D eigenvalue weighted by atomic mass is 16.2. The van der Waals surface area contributed by atoms with E-state index in [2.05, 4.69) is 9.97 Å². The summed E-state index contributed by atoms with van der Waals surface area (Å²) in [6.45, 7) is 0.282. The first-order valence-corrected chi connectivity index (χ1v) is 10.2. The van der Waals surface area contributed by atoms with Gasteiger partial charge in [-0.05, 0) is 53.4 Å². The number of hydrogen-bond donors (Lipinski definition) is 0. The van der Waals surface area contributed by atoms with Gasteiger partial charge < -0.3 is 0 Å². The number of Topliss-reactive ketones (excluding diaryl/α,β-unsaturated/α-hetero) is 2. The van der Waals surface area contributed by atoms with E-state index < -0.39 is 0 Å². The summed E-state index contributed by atoms with van der Waals surface area (Å²) in [6.07, 6.45) is 5.00. The predicted molar refractivity (Wildman–Crippen MR) is 121 cm³/mol. The number of benzene rings is 2. The number of pyridine rings is 1. The molecule has 0 unspecified atom stereocenters. The number of aromatic nitrogens is 3. The molecule has 4 rings (SSSR count). The van der Waals surface area contributed by atoms with E-state index in [-0.39, 0.29) is 35.9 Å². The molecule has 0 spiro atoms. The molecule has 0 N–H and O–H groups in total. The van der Waals surface area contributed by atoms with Gasteiger partial charge in [0.15, 0.2) is 11.6 Å². The molecule has 0 atom stereocenters. The Hall–Kier alpha value is -4.19. The normalized spacial score (nSPS) is 10.6. The minimum Gasteiger partial charge on any atom is -0.295 e. The lowest BCUT2D eigenvalue weighted by atomic mass is 9.96. The van der Waals surface area contributed by atoms with Crippen LogP contribution < -0.4 is 5.69 Å². The van der Waals surface area contributed by atoms with E-state index in [0.717, 1.165) is 16.7 Å². The van der Waals surface area contributed by atoms with Crippen LogP contribution in [0.15, 0.2) is 96.2 Å². The van der Waals surface area contributed by atoms with E-state index in [1.54, 1.807) is 36.5 Å². The lowest BCUT2D eigenvalue weighted by Gasteiger charge is -2.11. The van der Waals surface area contributed by atoms with Crippen molar-refractivity contribution in [1.29, 1.82) is 0 Å². The van der Waals surface area contributed by atoms with Crippen molar-refractivity contribution in [2.24, 2.45) is 0 Å². The van der Waals surface area contributed by atoms with Crippen LogP contribution in [0.2, 0.25) is 0 Å². The Morgan fingerprint density at radius 2 is 1.50 bits per heavy atom. The number of carbonyl (C=O) groups is 2. The molecule has 0 aliphatic carbocycles. The molecule has 2 heterocycles. The second-order valence-electron chi connectivity index (χ2n) is 7.47. The molecule has 0 amide bonds. The standard InChI is InChI=1S/C26H21N3O3/c30-24(17-25(31)23-9-4-5-10-27-23)22-15-20(13-19-7-2-1-3-8-19)14-21(16-22)18-29-12-6-11-28-26(29)32/h1-12,14-16H,13,17-18H2. The van der Waals surface area contributed by atoms with Crippen molar-refractivity contribution in [3.05, 3.63) is 130 Å². The van der Waals surface area contributed by atoms with E-state index >= 15 is 0 Å². The van der Waals surface area contributed by atoms with E-state index in [1.807, 2.05) is 42.5 Å². The van der Waals surface area contributed by atoms with Gasteiger partial charge in [-0.25, -0.2) is 9.78 Å². The Morgan fingerprint density at radius 1 is 0.750 bits per heavy atom. The van der Waals surface area contributed by atoms with Crippen LogP contribution >= 0.6 is 0 Å². The van der Waals surface area contributed by atoms with Crippen LogP contribution in [0.1, 0.15) is 44.0 Å². The molecule has 0 saturated heterocycles. The van der Waals surface area contributed by atoms with Crippen LogP contribution in [0.3, 0.4) is 0 Å². The second kappa shape index (κ2) is 9.75. The van der Waals surface area contributed by atoms with Crippen LogP contribution in [0.25, 0.3) is 0 Å². The van der Waals surface area contributed by atoms with Crippen molar-refractivity contribution >= 4 is 11.6 Å². The fourth-order valence-electron chi connectivity index (χ4n) is 3.52. The summed E-state index contributed by atoms with van der Waals surface area (Å²) in [5.41, 5.74) is 3.17. The lowest BCUT2D eigenvalue weighted by Crippen LogP contribution is -2.22. The number of carbonyl (C=O) groups excluding carboxylic acids is 2. The molecule has 6 nitrogen and oxygen atoms in total. The third-order valence-corrected chi connectivity index (χ3v) is 5.03. The molecule has 0 fully saturated rings. The first-order valence-electron chi connectivity index (χ1n) is 10.2. The molecule has 32 heavy (non-hydrogen) atoms. The van der Waals surface area contributed by atoms with Gasteiger partial charge in [0.2, 0.25) is 0 Å². The maximum Gasteiger partial charge on any atom is 0.347 e. The molecule has 0 aliphatic heterocycles. The van der Waals surface area contributed by atoms with Gasteiger partial charge in [-0.15, -0.1) is 0 Å². The Labute approximate surface area is 185 Å². The predicted octanol–water partition coefficient (Wildman–Crippen LogP) is 3.73. The first-order chi connectivity index (χ1) is 15.6.